The van der Waals surface area contributed by atoms with Gasteiger partial charge in [-0.1, -0.05) is 0 Å². The lowest BCUT2D eigenvalue weighted by Crippen LogP contribution is -1.93. The average Bonchev–Trinajstić information content (AvgIpc) is 2.19. The molecule has 2 aromatic rings. The van der Waals surface area contributed by atoms with E-state index in [1.165, 1.54) is 0 Å². The van der Waals surface area contributed by atoms with Crippen LogP contribution in [0.4, 0.5) is 0 Å². The number of hydrogen-bond donors (Lipinski definition) is 0. The molecule has 0 saturated carbocycles. The van der Waals surface area contributed by atoms with Crippen LogP contribution in [0.2, 0.25) is 0 Å². The normalized spacial score (nSPS) is 10.1. The van der Waals surface area contributed by atoms with Crippen molar-refractivity contribution in [3.8, 4) is 11.1 Å². The number of nitrogens with zero attached hydrogens (tertiary/aromatic N) is 3. The Balaban J connectivity index is 2.53. The molecule has 0 spiro atoms. The monoisotopic (exact) mass is 185 g/mol. The van der Waals surface area contributed by atoms with Crippen molar-refractivity contribution in [2.75, 3.05) is 0 Å². The van der Waals surface area contributed by atoms with Gasteiger partial charge in [-0.25, -0.2) is 9.97 Å². The van der Waals surface area contributed by atoms with Gasteiger partial charge in [0.2, 0.25) is 0 Å². The average molecular weight is 185 g/mol. The molecular weight excluding hydrogens is 174 g/mol. The summed E-state index contributed by atoms with van der Waals surface area (Å²) in [7, 11) is 0. The first kappa shape index (κ1) is 8.81. The third kappa shape index (κ3) is 1.62. The largest absolute Gasteiger partial charge is 0.265 e. The molecule has 0 aliphatic carbocycles. The van der Waals surface area contributed by atoms with Crippen molar-refractivity contribution in [3.05, 3.63) is 42.2 Å². The Kier molecular flexibility index (Phi) is 2.23. The van der Waals surface area contributed by atoms with E-state index < -0.39 is 0 Å². The SMILES string of the molecule is Cc1ncc(-c2ccncc2)c(C)n1. The number of hydrogen-bond acceptors (Lipinski definition) is 3. The summed E-state index contributed by atoms with van der Waals surface area (Å²) in [6, 6.07) is 3.92. The van der Waals surface area contributed by atoms with E-state index in [4.69, 9.17) is 0 Å². The van der Waals surface area contributed by atoms with Crippen LogP contribution < -0.4 is 0 Å². The van der Waals surface area contributed by atoms with E-state index in [2.05, 4.69) is 15.0 Å². The molecule has 3 heteroatoms. The van der Waals surface area contributed by atoms with Crippen LogP contribution in [0, 0.1) is 13.8 Å². The molecule has 0 aliphatic heterocycles. The summed E-state index contributed by atoms with van der Waals surface area (Å²) >= 11 is 0. The summed E-state index contributed by atoms with van der Waals surface area (Å²) in [4.78, 5) is 12.5. The molecule has 0 aliphatic rings. The third-order valence-electron chi connectivity index (χ3n) is 2.09. The van der Waals surface area contributed by atoms with Gasteiger partial charge in [-0.15, -0.1) is 0 Å². The highest BCUT2D eigenvalue weighted by atomic mass is 14.9. The predicted molar refractivity (Wildman–Crippen MR) is 54.7 cm³/mol. The molecule has 14 heavy (non-hydrogen) atoms. The molecule has 3 nitrogen and oxygen atoms in total. The van der Waals surface area contributed by atoms with Gasteiger partial charge >= 0.3 is 0 Å². The Labute approximate surface area is 82.9 Å². The topological polar surface area (TPSA) is 38.7 Å². The van der Waals surface area contributed by atoms with Gasteiger partial charge in [0.15, 0.2) is 0 Å². The first-order valence-electron chi connectivity index (χ1n) is 4.48. The van der Waals surface area contributed by atoms with E-state index in [1.807, 2.05) is 32.2 Å². The van der Waals surface area contributed by atoms with E-state index in [0.717, 1.165) is 22.6 Å². The van der Waals surface area contributed by atoms with Crippen LogP contribution in [0.1, 0.15) is 11.5 Å². The van der Waals surface area contributed by atoms with Crippen molar-refractivity contribution in [2.24, 2.45) is 0 Å². The quantitative estimate of drug-likeness (QED) is 0.683. The zero-order valence-corrected chi connectivity index (χ0v) is 8.23. The predicted octanol–water partition coefficient (Wildman–Crippen LogP) is 2.16. The molecule has 0 N–H and O–H groups in total. The fraction of sp³-hybridized carbons (Fsp3) is 0.182. The van der Waals surface area contributed by atoms with E-state index in [9.17, 15) is 0 Å². The summed E-state index contributed by atoms with van der Waals surface area (Å²) in [5.41, 5.74) is 3.18. The van der Waals surface area contributed by atoms with E-state index >= 15 is 0 Å². The van der Waals surface area contributed by atoms with Crippen molar-refractivity contribution >= 4 is 0 Å². The van der Waals surface area contributed by atoms with E-state index in [0.29, 0.717) is 0 Å². The maximum Gasteiger partial charge on any atom is 0.125 e. The molecule has 70 valence electrons. The molecule has 0 aromatic carbocycles. The van der Waals surface area contributed by atoms with Gasteiger partial charge in [0, 0.05) is 29.8 Å². The molecule has 0 fully saturated rings. The molecule has 0 bridgehead atoms. The van der Waals surface area contributed by atoms with E-state index in [-0.39, 0.29) is 0 Å². The molecular formula is C11H11N3. The van der Waals surface area contributed by atoms with Crippen molar-refractivity contribution in [1.82, 2.24) is 15.0 Å². The molecule has 2 rings (SSSR count). The summed E-state index contributed by atoms with van der Waals surface area (Å²) < 4.78 is 0. The standard InChI is InChI=1S/C11H11N3/c1-8-11(7-13-9(2)14-8)10-3-5-12-6-4-10/h3-7H,1-2H3. The Bertz CT molecular complexity index is 438. The minimum atomic E-state index is 0.806. The molecule has 0 saturated heterocycles. The van der Waals surface area contributed by atoms with Gasteiger partial charge in [0.25, 0.3) is 0 Å². The zero-order valence-electron chi connectivity index (χ0n) is 8.23. The first-order valence-corrected chi connectivity index (χ1v) is 4.48. The lowest BCUT2D eigenvalue weighted by molar-refractivity contribution is 1.01. The highest BCUT2D eigenvalue weighted by molar-refractivity contribution is 5.63. The van der Waals surface area contributed by atoms with Gasteiger partial charge in [-0.3, -0.25) is 4.98 Å². The maximum absolute atomic E-state index is 4.32. The van der Waals surface area contributed by atoms with Crippen LogP contribution in [0.15, 0.2) is 30.7 Å². The summed E-state index contributed by atoms with van der Waals surface area (Å²) in [6.07, 6.45) is 5.40. The van der Waals surface area contributed by atoms with Crippen molar-refractivity contribution in [2.45, 2.75) is 13.8 Å². The Morgan fingerprint density at radius 1 is 1.07 bits per heavy atom. The van der Waals surface area contributed by atoms with Crippen LogP contribution in [-0.4, -0.2) is 15.0 Å². The first-order chi connectivity index (χ1) is 6.77. The van der Waals surface area contributed by atoms with Gasteiger partial charge in [0.05, 0.1) is 0 Å². The minimum Gasteiger partial charge on any atom is -0.265 e. The lowest BCUT2D eigenvalue weighted by Gasteiger charge is -2.04. The van der Waals surface area contributed by atoms with Crippen LogP contribution in [0.5, 0.6) is 0 Å². The van der Waals surface area contributed by atoms with Crippen LogP contribution in [-0.2, 0) is 0 Å². The summed E-state index contributed by atoms with van der Waals surface area (Å²) in [6.45, 7) is 3.88. The third-order valence-corrected chi connectivity index (χ3v) is 2.09. The van der Waals surface area contributed by atoms with Gasteiger partial charge in [-0.05, 0) is 31.5 Å². The zero-order chi connectivity index (χ0) is 9.97. The number of aryl methyl sites for hydroxylation is 2. The second-order valence-electron chi connectivity index (χ2n) is 3.15. The molecule has 0 unspecified atom stereocenters. The van der Waals surface area contributed by atoms with Crippen LogP contribution in [0.3, 0.4) is 0 Å². The molecule has 0 atom stereocenters. The Morgan fingerprint density at radius 2 is 1.79 bits per heavy atom. The van der Waals surface area contributed by atoms with Gasteiger partial charge in [-0.2, -0.15) is 0 Å². The second-order valence-corrected chi connectivity index (χ2v) is 3.15. The minimum absolute atomic E-state index is 0.806. The Hall–Kier alpha value is -1.77. The summed E-state index contributed by atoms with van der Waals surface area (Å²) in [5.74, 6) is 0.806. The van der Waals surface area contributed by atoms with Crippen molar-refractivity contribution < 1.29 is 0 Å². The fourth-order valence-corrected chi connectivity index (χ4v) is 1.40. The number of aromatic nitrogens is 3. The highest BCUT2D eigenvalue weighted by Gasteiger charge is 2.02. The van der Waals surface area contributed by atoms with E-state index in [1.54, 1.807) is 12.4 Å². The smallest absolute Gasteiger partial charge is 0.125 e. The Morgan fingerprint density at radius 3 is 2.43 bits per heavy atom. The van der Waals surface area contributed by atoms with Crippen molar-refractivity contribution in [3.63, 3.8) is 0 Å². The summed E-state index contributed by atoms with van der Waals surface area (Å²) in [5, 5.41) is 0. The van der Waals surface area contributed by atoms with Crippen LogP contribution >= 0.6 is 0 Å². The maximum atomic E-state index is 4.32. The van der Waals surface area contributed by atoms with Crippen molar-refractivity contribution in [1.29, 1.82) is 0 Å². The highest BCUT2D eigenvalue weighted by Crippen LogP contribution is 2.19. The molecule has 2 heterocycles. The molecule has 0 radical (unpaired) electrons. The van der Waals surface area contributed by atoms with Gasteiger partial charge < -0.3 is 0 Å². The van der Waals surface area contributed by atoms with Gasteiger partial charge in [0.1, 0.15) is 5.82 Å². The number of rotatable bonds is 1. The lowest BCUT2D eigenvalue weighted by atomic mass is 10.1. The fourth-order valence-electron chi connectivity index (χ4n) is 1.40. The second kappa shape index (κ2) is 3.54. The van der Waals surface area contributed by atoms with Crippen LogP contribution in [0.25, 0.3) is 11.1 Å². The number of pyridine rings is 1. The molecule has 2 aromatic heterocycles. The molecule has 0 amide bonds.